The Morgan fingerprint density at radius 2 is 1.59 bits per heavy atom. The Kier molecular flexibility index (Phi) is 11.2. The Morgan fingerprint density at radius 1 is 0.946 bits per heavy atom. The molecular formula is C29H43N3O4S. The molecule has 0 aromatic heterocycles. The van der Waals surface area contributed by atoms with Gasteiger partial charge in [0.15, 0.2) is 0 Å². The van der Waals surface area contributed by atoms with Crippen LogP contribution in [0.3, 0.4) is 0 Å². The van der Waals surface area contributed by atoms with Crippen molar-refractivity contribution in [2.45, 2.75) is 85.9 Å². The third-order valence-corrected chi connectivity index (χ3v) is 8.17. The predicted octanol–water partition coefficient (Wildman–Crippen LogP) is 4.88. The van der Waals surface area contributed by atoms with Crippen LogP contribution in [0.1, 0.15) is 68.7 Å². The van der Waals surface area contributed by atoms with Crippen LogP contribution in [-0.2, 0) is 26.2 Å². The van der Waals surface area contributed by atoms with Gasteiger partial charge in [-0.05, 0) is 75.3 Å². The molecule has 2 rings (SSSR count). The normalized spacial score (nSPS) is 13.1. The van der Waals surface area contributed by atoms with Crippen LogP contribution in [0, 0.1) is 20.8 Å². The summed E-state index contributed by atoms with van der Waals surface area (Å²) >= 11 is 0. The summed E-state index contributed by atoms with van der Waals surface area (Å²) in [5.41, 5.74) is 4.57. The second-order valence-corrected chi connectivity index (χ2v) is 11.8. The van der Waals surface area contributed by atoms with E-state index in [-0.39, 0.29) is 30.8 Å². The van der Waals surface area contributed by atoms with Crippen molar-refractivity contribution in [3.05, 3.63) is 64.7 Å². The molecule has 7 nitrogen and oxygen atoms in total. The summed E-state index contributed by atoms with van der Waals surface area (Å²) in [5.74, 6) is -0.323. The van der Waals surface area contributed by atoms with Crippen molar-refractivity contribution in [2.75, 3.05) is 17.1 Å². The van der Waals surface area contributed by atoms with Crippen molar-refractivity contribution in [3.8, 4) is 0 Å². The number of amides is 2. The fraction of sp³-hybridized carbons (Fsp3) is 0.517. The summed E-state index contributed by atoms with van der Waals surface area (Å²) < 4.78 is 26.6. The van der Waals surface area contributed by atoms with Crippen LogP contribution >= 0.6 is 0 Å². The number of anilines is 1. The third-order valence-electron chi connectivity index (χ3n) is 6.99. The van der Waals surface area contributed by atoms with E-state index in [0.717, 1.165) is 28.7 Å². The molecule has 37 heavy (non-hydrogen) atoms. The average molecular weight is 530 g/mol. The lowest BCUT2D eigenvalue weighted by molar-refractivity contribution is -0.141. The van der Waals surface area contributed by atoms with Gasteiger partial charge in [-0.2, -0.15) is 0 Å². The molecule has 0 saturated heterocycles. The Bertz CT molecular complexity index is 1180. The molecule has 0 fully saturated rings. The monoisotopic (exact) mass is 529 g/mol. The SMILES string of the molecule is CC[C@@H](C)NC(=O)[C@@H](CC)N(Cc1ccccc1C)C(=O)CCCN(c1cccc(C)c1C)S(C)(=O)=O. The fourth-order valence-electron chi connectivity index (χ4n) is 4.32. The summed E-state index contributed by atoms with van der Waals surface area (Å²) in [6, 6.07) is 12.8. The van der Waals surface area contributed by atoms with Crippen LogP contribution in [0.2, 0.25) is 0 Å². The lowest BCUT2D eigenvalue weighted by Crippen LogP contribution is -2.50. The summed E-state index contributed by atoms with van der Waals surface area (Å²) in [4.78, 5) is 28.4. The number of nitrogens with zero attached hydrogens (tertiary/aromatic N) is 2. The molecule has 0 bridgehead atoms. The molecular weight excluding hydrogens is 486 g/mol. The second kappa shape index (κ2) is 13.6. The van der Waals surface area contributed by atoms with Crippen molar-refractivity contribution in [2.24, 2.45) is 0 Å². The summed E-state index contributed by atoms with van der Waals surface area (Å²) in [6.07, 6.45) is 2.95. The van der Waals surface area contributed by atoms with Gasteiger partial charge < -0.3 is 10.2 Å². The number of hydrogen-bond acceptors (Lipinski definition) is 4. The zero-order valence-corrected chi connectivity index (χ0v) is 24.2. The number of sulfonamides is 1. The zero-order chi connectivity index (χ0) is 27.8. The van der Waals surface area contributed by atoms with Crippen molar-refractivity contribution >= 4 is 27.5 Å². The van der Waals surface area contributed by atoms with E-state index in [1.54, 1.807) is 11.0 Å². The maximum absolute atomic E-state index is 13.6. The maximum atomic E-state index is 13.6. The first-order chi connectivity index (χ1) is 17.4. The van der Waals surface area contributed by atoms with Crippen LogP contribution < -0.4 is 9.62 Å². The topological polar surface area (TPSA) is 86.8 Å². The number of aryl methyl sites for hydroxylation is 2. The zero-order valence-electron chi connectivity index (χ0n) is 23.4. The first-order valence-electron chi connectivity index (χ1n) is 13.1. The Labute approximate surface area is 223 Å². The molecule has 0 saturated carbocycles. The van der Waals surface area contributed by atoms with E-state index < -0.39 is 16.1 Å². The fourth-order valence-corrected chi connectivity index (χ4v) is 5.34. The van der Waals surface area contributed by atoms with Crippen molar-refractivity contribution in [1.82, 2.24) is 10.2 Å². The maximum Gasteiger partial charge on any atom is 0.243 e. The van der Waals surface area contributed by atoms with Crippen LogP contribution in [0.5, 0.6) is 0 Å². The van der Waals surface area contributed by atoms with E-state index in [9.17, 15) is 18.0 Å². The van der Waals surface area contributed by atoms with Gasteiger partial charge in [0.05, 0.1) is 11.9 Å². The van der Waals surface area contributed by atoms with Crippen molar-refractivity contribution in [1.29, 1.82) is 0 Å². The Morgan fingerprint density at radius 3 is 2.19 bits per heavy atom. The molecule has 8 heteroatoms. The lowest BCUT2D eigenvalue weighted by atomic mass is 10.0. The molecule has 2 amide bonds. The van der Waals surface area contributed by atoms with Crippen molar-refractivity contribution < 1.29 is 18.0 Å². The highest BCUT2D eigenvalue weighted by atomic mass is 32.2. The highest BCUT2D eigenvalue weighted by molar-refractivity contribution is 7.92. The number of carbonyl (C=O) groups is 2. The van der Waals surface area contributed by atoms with Gasteiger partial charge in [-0.15, -0.1) is 0 Å². The summed E-state index contributed by atoms with van der Waals surface area (Å²) in [6.45, 7) is 12.2. The lowest BCUT2D eigenvalue weighted by Gasteiger charge is -2.32. The van der Waals surface area contributed by atoms with Gasteiger partial charge in [0.2, 0.25) is 21.8 Å². The van der Waals surface area contributed by atoms with Crippen LogP contribution in [0.25, 0.3) is 0 Å². The highest BCUT2D eigenvalue weighted by Gasteiger charge is 2.29. The van der Waals surface area contributed by atoms with Crippen LogP contribution in [0.15, 0.2) is 42.5 Å². The molecule has 2 aromatic rings. The number of hydrogen-bond donors (Lipinski definition) is 1. The molecule has 0 unspecified atom stereocenters. The second-order valence-electron chi connectivity index (χ2n) is 9.85. The number of nitrogens with one attached hydrogen (secondary N) is 1. The molecule has 2 aromatic carbocycles. The molecule has 0 radical (unpaired) electrons. The van der Waals surface area contributed by atoms with Gasteiger partial charge in [0.25, 0.3) is 0 Å². The first kappa shape index (κ1) is 30.4. The van der Waals surface area contributed by atoms with Gasteiger partial charge in [0.1, 0.15) is 6.04 Å². The minimum Gasteiger partial charge on any atom is -0.352 e. The smallest absolute Gasteiger partial charge is 0.243 e. The van der Waals surface area contributed by atoms with Crippen molar-refractivity contribution in [3.63, 3.8) is 0 Å². The predicted molar refractivity (Wildman–Crippen MR) is 151 cm³/mol. The van der Waals surface area contributed by atoms with E-state index in [2.05, 4.69) is 5.32 Å². The molecule has 2 atom stereocenters. The minimum absolute atomic E-state index is 0.0119. The Balaban J connectivity index is 2.27. The first-order valence-corrected chi connectivity index (χ1v) is 14.9. The number of benzene rings is 2. The van der Waals surface area contributed by atoms with E-state index in [4.69, 9.17) is 0 Å². The van der Waals surface area contributed by atoms with E-state index in [1.807, 2.05) is 77.9 Å². The van der Waals surface area contributed by atoms with E-state index in [1.165, 1.54) is 10.6 Å². The minimum atomic E-state index is -3.54. The molecule has 0 aliphatic carbocycles. The quantitative estimate of drug-likeness (QED) is 0.401. The number of rotatable bonds is 13. The van der Waals surface area contributed by atoms with Gasteiger partial charge in [-0.1, -0.05) is 50.2 Å². The highest BCUT2D eigenvalue weighted by Crippen LogP contribution is 2.26. The molecule has 204 valence electrons. The molecule has 0 heterocycles. The van der Waals surface area contributed by atoms with Gasteiger partial charge in [-0.3, -0.25) is 13.9 Å². The standard InChI is InChI=1S/C29H43N3O4S/c1-8-23(5)30-29(34)26(9-2)31(20-25-16-11-10-14-22(25)4)28(33)18-13-19-32(37(7,35)36)27-17-12-15-21(3)24(27)6/h10-12,14-17,23,26H,8-9,13,18-20H2,1-7H3,(H,30,34)/t23-,26-/m1/s1. The number of carbonyl (C=O) groups excluding carboxylic acids is 2. The summed E-state index contributed by atoms with van der Waals surface area (Å²) in [5, 5.41) is 3.02. The van der Waals surface area contributed by atoms with Crippen LogP contribution in [-0.4, -0.2) is 50.0 Å². The molecule has 0 spiro atoms. The van der Waals surface area contributed by atoms with E-state index >= 15 is 0 Å². The van der Waals surface area contributed by atoms with Gasteiger partial charge in [0, 0.05) is 25.6 Å². The molecule has 1 N–H and O–H groups in total. The average Bonchev–Trinajstić information content (AvgIpc) is 2.84. The Hall–Kier alpha value is -2.87. The van der Waals surface area contributed by atoms with Crippen LogP contribution in [0.4, 0.5) is 5.69 Å². The van der Waals surface area contributed by atoms with E-state index in [0.29, 0.717) is 25.1 Å². The largest absolute Gasteiger partial charge is 0.352 e. The third kappa shape index (κ3) is 8.32. The summed E-state index contributed by atoms with van der Waals surface area (Å²) in [7, 11) is -3.54. The molecule has 0 aliphatic heterocycles. The van der Waals surface area contributed by atoms with Gasteiger partial charge in [-0.25, -0.2) is 8.42 Å². The van der Waals surface area contributed by atoms with Gasteiger partial charge >= 0.3 is 0 Å². The molecule has 0 aliphatic rings.